The molecule has 7 atom stereocenters. The summed E-state index contributed by atoms with van der Waals surface area (Å²) in [4.78, 5) is 89.9. The topological polar surface area (TPSA) is 325 Å². The van der Waals surface area contributed by atoms with Crippen LogP contribution in [-0.4, -0.2) is 254 Å². The molecule has 6 aliphatic heterocycles. The second-order valence-corrected chi connectivity index (χ2v) is 35.8. The number of rotatable bonds is 10. The average molecular weight is 1600 g/mol. The van der Waals surface area contributed by atoms with Gasteiger partial charge in [0.2, 0.25) is 5.24 Å². The van der Waals surface area contributed by atoms with Crippen molar-refractivity contribution in [2.45, 2.75) is 253 Å². The fourth-order valence-corrected chi connectivity index (χ4v) is 8.78. The van der Waals surface area contributed by atoms with Crippen molar-refractivity contribution in [3.8, 4) is 0 Å². The molecule has 0 aromatic carbocycles. The van der Waals surface area contributed by atoms with Gasteiger partial charge >= 0.3 is 65.7 Å². The number of aliphatic hydroxyl groups is 3. The third kappa shape index (κ3) is 62.5. The van der Waals surface area contributed by atoms with Crippen LogP contribution in [0.1, 0.15) is 194 Å². The average Bonchev–Trinajstić information content (AvgIpc) is 1.15. The largest absolute Gasteiger partial charge is 1.00 e. The molecule has 6 rings (SSSR count). The number of carbonyl (C=O) groups excluding carboxylic acids is 7. The van der Waals surface area contributed by atoms with Gasteiger partial charge in [-0.05, 0) is 217 Å². The van der Waals surface area contributed by atoms with Gasteiger partial charge < -0.3 is 79.3 Å². The molecule has 0 bridgehead atoms. The van der Waals surface area contributed by atoms with Gasteiger partial charge in [0.15, 0.2) is 0 Å². The van der Waals surface area contributed by atoms with Crippen LogP contribution < -0.4 is 45.7 Å². The zero-order valence-electron chi connectivity index (χ0n) is 74.5. The van der Waals surface area contributed by atoms with Gasteiger partial charge in [0.1, 0.15) is 35.1 Å². The second-order valence-electron chi connectivity index (χ2n) is 35.4. The van der Waals surface area contributed by atoms with Crippen molar-refractivity contribution in [1.29, 1.82) is 0 Å². The molecule has 6 N–H and O–H groups in total. The summed E-state index contributed by atoms with van der Waals surface area (Å²) in [5.41, 5.74) is 9.30. The molecule has 111 heavy (non-hydrogen) atoms. The minimum atomic E-state index is -0.762. The zero-order valence-corrected chi connectivity index (χ0v) is 77.2. The summed E-state index contributed by atoms with van der Waals surface area (Å²) in [5, 5.41) is 39.3. The molecule has 0 aliphatic carbocycles. The summed E-state index contributed by atoms with van der Waals surface area (Å²) in [6.45, 7) is 75.1. The third-order valence-corrected chi connectivity index (χ3v) is 14.7. The number of aliphatic hydroxyl groups excluding tert-OH is 3. The van der Waals surface area contributed by atoms with E-state index in [4.69, 9.17) is 60.7 Å². The van der Waals surface area contributed by atoms with Crippen LogP contribution in [0.15, 0.2) is 108 Å². The Morgan fingerprint density at radius 3 is 1.20 bits per heavy atom. The number of hydrogen-bond acceptors (Lipinski definition) is 22. The first-order chi connectivity index (χ1) is 49.8. The number of esters is 3. The molecule has 1 fully saturated rings. The predicted octanol–water partition coefficient (Wildman–Crippen LogP) is 9.47. The molecule has 636 valence electrons. The van der Waals surface area contributed by atoms with Crippen LogP contribution >= 0.6 is 11.6 Å². The van der Waals surface area contributed by atoms with Crippen molar-refractivity contribution in [3.05, 3.63) is 108 Å². The number of β-amino-alcohol motifs (C(OH)–C–C–N with tert-alkyl or cyclic N) is 2. The summed E-state index contributed by atoms with van der Waals surface area (Å²) in [7, 11) is 4.80. The SMILES string of the molecule is C=C(C)CN.C=CC(O)CN(CC(=C)C)C(=O)OC(C)(C)C.C=CC1CO1.CC(C)(C)C(=O)Cl.CC1=CC(O)CN(C(=O)OC(C)(C)C)C1.CC1=CC(O)CN(C)C1.CC1=CC(OC(=O)C(C)(C)C)CN(C(=O)OC(C)(C)C)C1.CC1=CC(OC(=O)C(C)(C)C)CN(C)C1.CC1=CC(OC(=O)C(C)(C)C)CNC1.C[O-].[Na+]. The number of amides is 3. The molecule has 6 aliphatic rings. The maximum Gasteiger partial charge on any atom is 1.00 e. The number of likely N-dealkylation sites (N-methyl/N-ethyl adjacent to an activating group) is 2. The van der Waals surface area contributed by atoms with Gasteiger partial charge in [-0.25, -0.2) is 14.4 Å². The molecule has 6 heterocycles. The number of ether oxygens (including phenoxy) is 7. The van der Waals surface area contributed by atoms with E-state index in [1.165, 1.54) is 32.6 Å². The summed E-state index contributed by atoms with van der Waals surface area (Å²) in [5.74, 6) is -0.551. The number of epoxide rings is 1. The van der Waals surface area contributed by atoms with Crippen molar-refractivity contribution in [3.63, 3.8) is 0 Å². The molecule has 1 saturated heterocycles. The third-order valence-electron chi connectivity index (χ3n) is 14.1. The molecule has 0 saturated carbocycles. The molecule has 27 heteroatoms. The molecule has 0 spiro atoms. The monoisotopic (exact) mass is 1600 g/mol. The Balaban J connectivity index is -0.000000389. The second kappa shape index (κ2) is 54.3. The Bertz CT molecular complexity index is 3040. The van der Waals surface area contributed by atoms with E-state index < -0.39 is 57.5 Å². The molecule has 0 aromatic rings. The van der Waals surface area contributed by atoms with E-state index in [1.807, 2.05) is 163 Å². The van der Waals surface area contributed by atoms with Crippen molar-refractivity contribution in [2.24, 2.45) is 27.4 Å². The van der Waals surface area contributed by atoms with Gasteiger partial charge in [0.05, 0.1) is 66.9 Å². The van der Waals surface area contributed by atoms with Crippen molar-refractivity contribution in [2.75, 3.05) is 113 Å². The Kier molecular flexibility index (Phi) is 55.8. The molecule has 3 amide bonds. The first kappa shape index (κ1) is 114. The van der Waals surface area contributed by atoms with Crippen molar-refractivity contribution >= 4 is 53.0 Å². The van der Waals surface area contributed by atoms with Gasteiger partial charge in [-0.3, -0.25) is 29.0 Å². The van der Waals surface area contributed by atoms with Crippen LogP contribution in [-0.2, 0) is 52.3 Å². The maximum atomic E-state index is 12.1. The van der Waals surface area contributed by atoms with Crippen LogP contribution in [0.2, 0.25) is 0 Å². The van der Waals surface area contributed by atoms with Gasteiger partial charge in [-0.2, -0.15) is 7.11 Å². The Morgan fingerprint density at radius 2 is 0.910 bits per heavy atom. The first-order valence-electron chi connectivity index (χ1n) is 37.3. The van der Waals surface area contributed by atoms with Crippen LogP contribution in [0, 0.1) is 21.7 Å². The smallest absolute Gasteiger partial charge is 0.857 e. The van der Waals surface area contributed by atoms with Crippen LogP contribution in [0.3, 0.4) is 0 Å². The molecule has 7 unspecified atom stereocenters. The summed E-state index contributed by atoms with van der Waals surface area (Å²) >= 11 is 5.11. The Hall–Kier alpha value is -5.52. The van der Waals surface area contributed by atoms with Crippen LogP contribution in [0.4, 0.5) is 14.4 Å². The summed E-state index contributed by atoms with van der Waals surface area (Å²) < 4.78 is 36.8. The molecular formula is C84H149ClN7NaO18. The summed E-state index contributed by atoms with van der Waals surface area (Å²) in [6, 6.07) is 0. The van der Waals surface area contributed by atoms with Crippen LogP contribution in [0.25, 0.3) is 0 Å². The predicted molar refractivity (Wildman–Crippen MR) is 441 cm³/mol. The molecule has 0 radical (unpaired) electrons. The van der Waals surface area contributed by atoms with E-state index >= 15 is 0 Å². The molecule has 0 aromatic heterocycles. The van der Waals surface area contributed by atoms with E-state index in [0.29, 0.717) is 45.4 Å². The van der Waals surface area contributed by atoms with Crippen molar-refractivity contribution < 1.29 is 117 Å². The van der Waals surface area contributed by atoms with Crippen LogP contribution in [0.5, 0.6) is 0 Å². The quantitative estimate of drug-likeness (QED) is 0.0339. The number of nitrogens with one attached hydrogen (secondary N) is 1. The van der Waals surface area contributed by atoms with Gasteiger partial charge in [-0.1, -0.05) is 97.2 Å². The van der Waals surface area contributed by atoms with Gasteiger partial charge in [-0.15, -0.1) is 13.2 Å². The van der Waals surface area contributed by atoms with Gasteiger partial charge in [0.25, 0.3) is 0 Å². The molecule has 25 nitrogen and oxygen atoms in total. The maximum absolute atomic E-state index is 12.1. The number of hydrogen-bond donors (Lipinski definition) is 5. The Morgan fingerprint density at radius 1 is 0.577 bits per heavy atom. The Labute approximate surface area is 696 Å². The minimum absolute atomic E-state index is 0. The fourth-order valence-electron chi connectivity index (χ4n) is 8.78. The standard InChI is InChI=1S/C16H27NO4.C13H23NO3.C12H21NO2.C11H19NO3.C11H19NO2.C7H13NO.C5H9ClO.C4H9N.C4H6O.CH3O.Na/c1-11-8-12(20-13(18)15(2,3)4)10-17(9-11)14(19)21-16(5,6)7;1-7-11(15)9-14(8-10(2)3)12(16)17-13(4,5)6;1-9-6-10(8-13(5)7-9)15-11(14)12(2,3)4;1-8-5-9(13)7-12(6-8)10(14)15-11(2,3)4;1-8-5-9(7-12-6-8)14-10(13)11(2,3)4;1-6-3-7(9)5-8(2)4-6;1-5(2,3)4(6)7;1-4(2)3-5;1-2-4-3-5-4;1-2;/h8,12H,9-10H2,1-7H3;7,11,15H,1-2,8-9H2,3-6H3;6,10H,7-8H2,1-5H3;5,9,13H,6-7H2,1-4H3;5,9,12H,6-7H2,1-4H3;3,7,9H,4-5H2,1-2H3;1-3H3;1,3,5H2,2H3;2,4H,1,3H2;1H3;/q;;;;;;;;;-1;+1. The van der Waals surface area contributed by atoms with E-state index in [-0.39, 0.29) is 95.2 Å². The van der Waals surface area contributed by atoms with Crippen molar-refractivity contribution in [1.82, 2.24) is 29.8 Å². The van der Waals surface area contributed by atoms with Gasteiger partial charge in [0, 0.05) is 70.9 Å². The normalized spacial score (nSPS) is 19.8. The first-order valence-corrected chi connectivity index (χ1v) is 37.7. The number of halogens is 1. The number of carbonyl (C=O) groups is 7. The zero-order chi connectivity index (χ0) is 87.0. The minimum Gasteiger partial charge on any atom is -0.857 e. The van der Waals surface area contributed by atoms with E-state index in [2.05, 4.69) is 48.4 Å². The van der Waals surface area contributed by atoms with E-state index in [9.17, 15) is 43.8 Å². The fraction of sp³-hybridized carbons (Fsp3) is 0.702. The molecular weight excluding hydrogens is 1450 g/mol. The summed E-state index contributed by atoms with van der Waals surface area (Å²) in [6.07, 6.45) is 9.82. The van der Waals surface area contributed by atoms with E-state index in [0.717, 1.165) is 75.3 Å². The number of nitrogens with two attached hydrogens (primary N) is 1. The number of nitrogens with zero attached hydrogens (tertiary/aromatic N) is 5. The van der Waals surface area contributed by atoms with E-state index in [1.54, 1.807) is 79.4 Å².